The van der Waals surface area contributed by atoms with Crippen LogP contribution in [0.4, 0.5) is 13.6 Å². The molecular formula is C22H25F2N3O3. The summed E-state index contributed by atoms with van der Waals surface area (Å²) in [6, 6.07) is 3.02. The van der Waals surface area contributed by atoms with Crippen LogP contribution in [0.1, 0.15) is 51.1 Å². The summed E-state index contributed by atoms with van der Waals surface area (Å²) >= 11 is 0. The lowest BCUT2D eigenvalue weighted by molar-refractivity contribution is 0.0270. The van der Waals surface area contributed by atoms with Gasteiger partial charge in [0.1, 0.15) is 22.8 Å². The number of aliphatic hydroxyl groups is 1. The van der Waals surface area contributed by atoms with E-state index < -0.39 is 22.8 Å². The van der Waals surface area contributed by atoms with E-state index in [9.17, 15) is 18.7 Å². The predicted molar refractivity (Wildman–Crippen MR) is 107 cm³/mol. The van der Waals surface area contributed by atoms with Crippen molar-refractivity contribution in [1.29, 1.82) is 0 Å². The molecule has 8 heteroatoms. The van der Waals surface area contributed by atoms with E-state index >= 15 is 0 Å². The monoisotopic (exact) mass is 417 g/mol. The summed E-state index contributed by atoms with van der Waals surface area (Å²) in [4.78, 5) is 22.4. The zero-order valence-corrected chi connectivity index (χ0v) is 17.4. The highest BCUT2D eigenvalue weighted by Gasteiger charge is 2.30. The lowest BCUT2D eigenvalue weighted by Crippen LogP contribution is -2.39. The van der Waals surface area contributed by atoms with Gasteiger partial charge in [-0.25, -0.2) is 23.5 Å². The van der Waals surface area contributed by atoms with Gasteiger partial charge in [-0.15, -0.1) is 0 Å². The molecule has 0 spiro atoms. The second kappa shape index (κ2) is 8.10. The number of amides is 1. The molecule has 0 bridgehead atoms. The molecule has 1 aliphatic rings. The Kier molecular flexibility index (Phi) is 5.90. The van der Waals surface area contributed by atoms with Crippen molar-refractivity contribution in [3.8, 4) is 0 Å². The average molecular weight is 417 g/mol. The highest BCUT2D eigenvalue weighted by atomic mass is 19.1. The first-order chi connectivity index (χ1) is 14.0. The maximum atomic E-state index is 14.1. The first-order valence-electron chi connectivity index (χ1n) is 9.65. The summed E-state index contributed by atoms with van der Waals surface area (Å²) in [5.41, 5.74) is -1.19. The summed E-state index contributed by atoms with van der Waals surface area (Å²) in [5.74, 6) is -1.09. The third-order valence-corrected chi connectivity index (χ3v) is 4.82. The Bertz CT molecular complexity index is 967. The topological polar surface area (TPSA) is 75.5 Å². The van der Waals surface area contributed by atoms with Gasteiger partial charge >= 0.3 is 6.09 Å². The minimum absolute atomic E-state index is 0.0647. The lowest BCUT2D eigenvalue weighted by Gasteiger charge is -2.29. The van der Waals surface area contributed by atoms with Gasteiger partial charge in [0.15, 0.2) is 5.82 Å². The standard InChI is InChI=1S/C22H25F2N3O3/c1-21(2,3)30-20(28)27-9-7-14(8-10-27)19-25-12-15(13-26-19)22(4,29)17-6-5-16(23)11-18(17)24/h5-7,11-13,29H,8-10H2,1-4H3/t22-/m1/s1. The second-order valence-electron chi connectivity index (χ2n) is 8.40. The van der Waals surface area contributed by atoms with E-state index in [1.54, 1.807) is 4.90 Å². The third kappa shape index (κ3) is 4.81. The van der Waals surface area contributed by atoms with Crippen LogP contribution in [0.5, 0.6) is 0 Å². The molecule has 0 unspecified atom stereocenters. The molecule has 6 nitrogen and oxygen atoms in total. The largest absolute Gasteiger partial charge is 0.444 e. The smallest absolute Gasteiger partial charge is 0.410 e. The van der Waals surface area contributed by atoms with Crippen LogP contribution in [0.2, 0.25) is 0 Å². The number of nitrogens with zero attached hydrogens (tertiary/aromatic N) is 3. The van der Waals surface area contributed by atoms with Crippen molar-refractivity contribution in [2.45, 2.75) is 45.3 Å². The molecule has 3 rings (SSSR count). The Morgan fingerprint density at radius 2 is 1.83 bits per heavy atom. The maximum Gasteiger partial charge on any atom is 0.410 e. The van der Waals surface area contributed by atoms with Gasteiger partial charge in [0.05, 0.1) is 0 Å². The average Bonchev–Trinajstić information content (AvgIpc) is 2.66. The minimum atomic E-state index is -1.72. The molecular weight excluding hydrogens is 392 g/mol. The number of aromatic nitrogens is 2. The first kappa shape index (κ1) is 21.8. The van der Waals surface area contributed by atoms with E-state index in [0.717, 1.165) is 17.7 Å². The van der Waals surface area contributed by atoms with Crippen LogP contribution in [0.15, 0.2) is 36.7 Å². The molecule has 1 aromatic carbocycles. The van der Waals surface area contributed by atoms with Crippen LogP contribution in [-0.2, 0) is 10.3 Å². The van der Waals surface area contributed by atoms with Crippen LogP contribution in [0.3, 0.4) is 0 Å². The Labute approximate surface area is 174 Å². The number of ether oxygens (including phenoxy) is 1. The highest BCUT2D eigenvalue weighted by molar-refractivity contribution is 5.71. The van der Waals surface area contributed by atoms with E-state index in [2.05, 4.69) is 9.97 Å². The van der Waals surface area contributed by atoms with E-state index in [1.807, 2.05) is 26.8 Å². The van der Waals surface area contributed by atoms with Crippen LogP contribution in [-0.4, -0.2) is 44.8 Å². The van der Waals surface area contributed by atoms with Crippen molar-refractivity contribution in [1.82, 2.24) is 14.9 Å². The molecule has 1 atom stereocenters. The van der Waals surface area contributed by atoms with Gasteiger partial charge in [0.2, 0.25) is 0 Å². The number of hydrogen-bond donors (Lipinski definition) is 1. The summed E-state index contributed by atoms with van der Waals surface area (Å²) < 4.78 is 32.7. The quantitative estimate of drug-likeness (QED) is 0.816. The van der Waals surface area contributed by atoms with Crippen LogP contribution >= 0.6 is 0 Å². The van der Waals surface area contributed by atoms with Crippen molar-refractivity contribution in [2.75, 3.05) is 13.1 Å². The molecule has 0 saturated carbocycles. The number of hydrogen-bond acceptors (Lipinski definition) is 5. The molecule has 0 saturated heterocycles. The molecule has 30 heavy (non-hydrogen) atoms. The molecule has 0 aliphatic carbocycles. The Morgan fingerprint density at radius 3 is 2.37 bits per heavy atom. The van der Waals surface area contributed by atoms with Gasteiger partial charge in [-0.2, -0.15) is 0 Å². The molecule has 2 heterocycles. The molecule has 0 radical (unpaired) electrons. The Balaban J connectivity index is 1.74. The summed E-state index contributed by atoms with van der Waals surface area (Å²) in [6.45, 7) is 7.72. The van der Waals surface area contributed by atoms with Crippen molar-refractivity contribution >= 4 is 11.7 Å². The van der Waals surface area contributed by atoms with Crippen molar-refractivity contribution in [2.24, 2.45) is 0 Å². The number of carbonyl (C=O) groups excluding carboxylic acids is 1. The Hall–Kier alpha value is -2.87. The third-order valence-electron chi connectivity index (χ3n) is 4.82. The van der Waals surface area contributed by atoms with Gasteiger partial charge < -0.3 is 14.7 Å². The molecule has 160 valence electrons. The molecule has 0 fully saturated rings. The number of carbonyl (C=O) groups is 1. The molecule has 1 aliphatic heterocycles. The normalized spacial score (nSPS) is 16.6. The van der Waals surface area contributed by atoms with Crippen molar-refractivity contribution < 1.29 is 23.4 Å². The number of halogens is 2. The maximum absolute atomic E-state index is 14.1. The first-order valence-corrected chi connectivity index (χ1v) is 9.65. The van der Waals surface area contributed by atoms with E-state index in [0.29, 0.717) is 25.3 Å². The second-order valence-corrected chi connectivity index (χ2v) is 8.40. The van der Waals surface area contributed by atoms with Crippen molar-refractivity contribution in [3.05, 3.63) is 65.3 Å². The van der Waals surface area contributed by atoms with Gasteiger partial charge in [-0.05, 0) is 51.8 Å². The van der Waals surface area contributed by atoms with E-state index in [-0.39, 0.29) is 17.2 Å². The predicted octanol–water partition coefficient (Wildman–Crippen LogP) is 4.03. The highest BCUT2D eigenvalue weighted by Crippen LogP contribution is 2.31. The number of benzene rings is 1. The zero-order valence-electron chi connectivity index (χ0n) is 17.4. The van der Waals surface area contributed by atoms with Gasteiger partial charge in [-0.1, -0.05) is 6.08 Å². The molecule has 1 aromatic heterocycles. The van der Waals surface area contributed by atoms with Crippen LogP contribution in [0.25, 0.3) is 5.57 Å². The zero-order chi connectivity index (χ0) is 22.1. The van der Waals surface area contributed by atoms with Crippen molar-refractivity contribution in [3.63, 3.8) is 0 Å². The van der Waals surface area contributed by atoms with E-state index in [1.165, 1.54) is 25.4 Å². The van der Waals surface area contributed by atoms with Gasteiger partial charge in [-0.3, -0.25) is 0 Å². The molecule has 2 aromatic rings. The molecule has 1 amide bonds. The summed E-state index contributed by atoms with van der Waals surface area (Å²) in [5, 5.41) is 10.8. The lowest BCUT2D eigenvalue weighted by atomic mass is 9.89. The van der Waals surface area contributed by atoms with Crippen LogP contribution in [0, 0.1) is 11.6 Å². The van der Waals surface area contributed by atoms with E-state index in [4.69, 9.17) is 4.74 Å². The van der Waals surface area contributed by atoms with Gasteiger partial charge in [0, 0.05) is 42.7 Å². The number of rotatable bonds is 3. The fourth-order valence-electron chi connectivity index (χ4n) is 3.15. The SMILES string of the molecule is CC(C)(C)OC(=O)N1CC=C(c2ncc([C@@](C)(O)c3ccc(F)cc3F)cn2)CC1. The molecule has 1 N–H and O–H groups in total. The fraction of sp³-hybridized carbons (Fsp3) is 0.409. The minimum Gasteiger partial charge on any atom is -0.444 e. The van der Waals surface area contributed by atoms with Crippen LogP contribution < -0.4 is 0 Å². The summed E-state index contributed by atoms with van der Waals surface area (Å²) in [7, 11) is 0. The fourth-order valence-corrected chi connectivity index (χ4v) is 3.15. The van der Waals surface area contributed by atoms with Gasteiger partial charge in [0.25, 0.3) is 0 Å². The Morgan fingerprint density at radius 1 is 1.17 bits per heavy atom. The summed E-state index contributed by atoms with van der Waals surface area (Å²) in [6.07, 6.45) is 4.90.